The van der Waals surface area contributed by atoms with Crippen LogP contribution in [0.5, 0.6) is 0 Å². The first kappa shape index (κ1) is 17.6. The Hall–Kier alpha value is 0.270. The number of hydrogen-bond donors (Lipinski definition) is 1. The molecule has 1 N–H and O–H groups in total. The second kappa shape index (κ2) is 7.70. The molecule has 0 amide bonds. The quantitative estimate of drug-likeness (QED) is 0.826. The van der Waals surface area contributed by atoms with Gasteiger partial charge in [-0.1, -0.05) is 40.5 Å². The number of nitrogens with zero attached hydrogens (tertiary/aromatic N) is 1. The van der Waals surface area contributed by atoms with E-state index in [9.17, 15) is 0 Å². The second-order valence-electron chi connectivity index (χ2n) is 8.10. The van der Waals surface area contributed by atoms with Crippen LogP contribution in [-0.4, -0.2) is 48.1 Å². The summed E-state index contributed by atoms with van der Waals surface area (Å²) in [4.78, 5) is 2.77. The minimum atomic E-state index is 0.477. The molecule has 0 spiro atoms. The largest absolute Gasteiger partial charge is 0.316 e. The average Bonchev–Trinajstić information content (AvgIpc) is 2.61. The summed E-state index contributed by atoms with van der Waals surface area (Å²) < 4.78 is 0.477. The lowest BCUT2D eigenvalue weighted by atomic mass is 9.70. The van der Waals surface area contributed by atoms with E-state index in [1.807, 2.05) is 0 Å². The highest BCUT2D eigenvalue weighted by molar-refractivity contribution is 8.00. The molecule has 0 aromatic heterocycles. The Bertz CT molecular complexity index is 303. The van der Waals surface area contributed by atoms with E-state index in [1.54, 1.807) is 0 Å². The molecule has 0 aromatic carbocycles. The van der Waals surface area contributed by atoms with Crippen molar-refractivity contribution >= 4 is 11.8 Å². The fraction of sp³-hybridized carbons (Fsp3) is 1.00. The van der Waals surface area contributed by atoms with E-state index in [1.165, 1.54) is 64.0 Å². The van der Waals surface area contributed by atoms with Crippen LogP contribution in [0.4, 0.5) is 0 Å². The third-order valence-electron chi connectivity index (χ3n) is 5.57. The summed E-state index contributed by atoms with van der Waals surface area (Å²) in [6.07, 6.45) is 7.05. The molecular formula is C18H36N2S. The molecule has 1 aliphatic carbocycles. The van der Waals surface area contributed by atoms with Crippen LogP contribution in [0.25, 0.3) is 0 Å². The first-order valence-electron chi connectivity index (χ1n) is 9.02. The predicted octanol–water partition coefficient (Wildman–Crippen LogP) is 4.01. The van der Waals surface area contributed by atoms with Gasteiger partial charge in [0.05, 0.1) is 0 Å². The summed E-state index contributed by atoms with van der Waals surface area (Å²) in [6, 6.07) is 0. The molecule has 21 heavy (non-hydrogen) atoms. The van der Waals surface area contributed by atoms with Crippen molar-refractivity contribution in [3.63, 3.8) is 0 Å². The van der Waals surface area contributed by atoms with Gasteiger partial charge in [-0.2, -0.15) is 11.8 Å². The maximum Gasteiger partial charge on any atom is 0.0116 e. The monoisotopic (exact) mass is 312 g/mol. The summed E-state index contributed by atoms with van der Waals surface area (Å²) in [7, 11) is 0. The molecule has 2 rings (SSSR count). The zero-order valence-electron chi connectivity index (χ0n) is 14.7. The van der Waals surface area contributed by atoms with Crippen LogP contribution in [0.3, 0.4) is 0 Å². The zero-order chi connectivity index (χ0) is 15.3. The highest BCUT2D eigenvalue weighted by atomic mass is 32.2. The van der Waals surface area contributed by atoms with Gasteiger partial charge in [0, 0.05) is 30.1 Å². The smallest absolute Gasteiger partial charge is 0.0116 e. The molecule has 2 aliphatic rings. The third kappa shape index (κ3) is 5.44. The van der Waals surface area contributed by atoms with Crippen LogP contribution < -0.4 is 5.32 Å². The molecule has 0 aromatic rings. The molecule has 2 fully saturated rings. The average molecular weight is 313 g/mol. The van der Waals surface area contributed by atoms with Gasteiger partial charge >= 0.3 is 0 Å². The zero-order valence-corrected chi connectivity index (χ0v) is 15.5. The van der Waals surface area contributed by atoms with E-state index in [-0.39, 0.29) is 0 Å². The molecule has 1 saturated carbocycles. The highest BCUT2D eigenvalue weighted by Crippen LogP contribution is 2.40. The Morgan fingerprint density at radius 2 is 1.86 bits per heavy atom. The second-order valence-corrected chi connectivity index (χ2v) is 9.90. The highest BCUT2D eigenvalue weighted by Gasteiger charge is 2.36. The van der Waals surface area contributed by atoms with Gasteiger partial charge < -0.3 is 10.2 Å². The van der Waals surface area contributed by atoms with Crippen molar-refractivity contribution in [1.29, 1.82) is 0 Å². The Morgan fingerprint density at radius 1 is 1.14 bits per heavy atom. The van der Waals surface area contributed by atoms with E-state index >= 15 is 0 Å². The standard InChI is InChI=1S/C18H36N2S/c1-5-19-14-18(8-6-16(2)7-9-18)15-20-11-10-17(3,4)21-13-12-20/h16,19H,5-15H2,1-4H3. The van der Waals surface area contributed by atoms with Crippen LogP contribution in [0, 0.1) is 11.3 Å². The van der Waals surface area contributed by atoms with Crippen molar-refractivity contribution in [3.05, 3.63) is 0 Å². The minimum absolute atomic E-state index is 0.477. The molecule has 2 nitrogen and oxygen atoms in total. The molecule has 1 aliphatic heterocycles. The van der Waals surface area contributed by atoms with E-state index in [0.29, 0.717) is 10.2 Å². The van der Waals surface area contributed by atoms with Gasteiger partial charge in [0.25, 0.3) is 0 Å². The van der Waals surface area contributed by atoms with Crippen molar-refractivity contribution in [2.45, 2.75) is 64.5 Å². The van der Waals surface area contributed by atoms with Crippen molar-refractivity contribution in [3.8, 4) is 0 Å². The van der Waals surface area contributed by atoms with Crippen LogP contribution in [-0.2, 0) is 0 Å². The first-order valence-corrected chi connectivity index (χ1v) is 10.0. The molecule has 0 bridgehead atoms. The Balaban J connectivity index is 1.94. The van der Waals surface area contributed by atoms with Crippen molar-refractivity contribution < 1.29 is 0 Å². The van der Waals surface area contributed by atoms with Crippen molar-refractivity contribution in [2.24, 2.45) is 11.3 Å². The van der Waals surface area contributed by atoms with Gasteiger partial charge in [0.15, 0.2) is 0 Å². The van der Waals surface area contributed by atoms with Gasteiger partial charge in [-0.05, 0) is 43.7 Å². The summed E-state index contributed by atoms with van der Waals surface area (Å²) in [5, 5.41) is 3.66. The van der Waals surface area contributed by atoms with Gasteiger partial charge in [-0.3, -0.25) is 0 Å². The number of hydrogen-bond acceptors (Lipinski definition) is 3. The first-order chi connectivity index (χ1) is 9.95. The van der Waals surface area contributed by atoms with E-state index < -0.39 is 0 Å². The van der Waals surface area contributed by atoms with E-state index in [0.717, 1.165) is 12.5 Å². The molecular weight excluding hydrogens is 276 g/mol. The lowest BCUT2D eigenvalue weighted by Gasteiger charge is -2.43. The van der Waals surface area contributed by atoms with Crippen LogP contribution >= 0.6 is 11.8 Å². The molecule has 124 valence electrons. The van der Waals surface area contributed by atoms with E-state index in [2.05, 4.69) is 49.7 Å². The van der Waals surface area contributed by atoms with Gasteiger partial charge in [0.2, 0.25) is 0 Å². The summed E-state index contributed by atoms with van der Waals surface area (Å²) in [5.41, 5.74) is 0.543. The fourth-order valence-electron chi connectivity index (χ4n) is 3.85. The molecule has 1 saturated heterocycles. The molecule has 3 heteroatoms. The van der Waals surface area contributed by atoms with Crippen molar-refractivity contribution in [2.75, 3.05) is 38.5 Å². The predicted molar refractivity (Wildman–Crippen MR) is 96.2 cm³/mol. The topological polar surface area (TPSA) is 15.3 Å². The minimum Gasteiger partial charge on any atom is -0.316 e. The molecule has 0 atom stereocenters. The fourth-order valence-corrected chi connectivity index (χ4v) is 4.99. The van der Waals surface area contributed by atoms with Gasteiger partial charge in [-0.25, -0.2) is 0 Å². The number of rotatable bonds is 5. The Labute approximate surface area is 136 Å². The SMILES string of the molecule is CCNCC1(CN2CCSC(C)(C)CC2)CCC(C)CC1. The molecule has 0 unspecified atom stereocenters. The number of nitrogens with one attached hydrogen (secondary N) is 1. The normalized spacial score (nSPS) is 34.6. The lowest BCUT2D eigenvalue weighted by molar-refractivity contribution is 0.0893. The van der Waals surface area contributed by atoms with Crippen LogP contribution in [0.15, 0.2) is 0 Å². The maximum atomic E-state index is 3.66. The lowest BCUT2D eigenvalue weighted by Crippen LogP contribution is -2.46. The summed E-state index contributed by atoms with van der Waals surface area (Å²) in [5.74, 6) is 2.25. The van der Waals surface area contributed by atoms with Gasteiger partial charge in [0.1, 0.15) is 0 Å². The maximum absolute atomic E-state index is 3.66. The Kier molecular flexibility index (Phi) is 6.46. The Morgan fingerprint density at radius 3 is 2.52 bits per heavy atom. The van der Waals surface area contributed by atoms with Gasteiger partial charge in [-0.15, -0.1) is 0 Å². The van der Waals surface area contributed by atoms with Crippen molar-refractivity contribution in [1.82, 2.24) is 10.2 Å². The van der Waals surface area contributed by atoms with Crippen LogP contribution in [0.2, 0.25) is 0 Å². The molecule has 1 heterocycles. The summed E-state index contributed by atoms with van der Waals surface area (Å²) >= 11 is 2.17. The number of thioether (sulfide) groups is 1. The summed E-state index contributed by atoms with van der Waals surface area (Å²) in [6.45, 7) is 15.7. The third-order valence-corrected chi connectivity index (χ3v) is 6.95. The van der Waals surface area contributed by atoms with Crippen LogP contribution in [0.1, 0.15) is 59.8 Å². The molecule has 0 radical (unpaired) electrons. The van der Waals surface area contributed by atoms with E-state index in [4.69, 9.17) is 0 Å².